The number of pyridine rings is 1. The molecule has 0 spiro atoms. The third kappa shape index (κ3) is 3.12. The predicted octanol–water partition coefficient (Wildman–Crippen LogP) is 5.20. The molecule has 0 saturated heterocycles. The highest BCUT2D eigenvalue weighted by molar-refractivity contribution is 9.10. The van der Waals surface area contributed by atoms with Crippen LogP contribution < -0.4 is 5.32 Å². The summed E-state index contributed by atoms with van der Waals surface area (Å²) in [6, 6.07) is 7.23. The third-order valence-electron chi connectivity index (χ3n) is 2.24. The first kappa shape index (κ1) is 12.7. The van der Waals surface area contributed by atoms with Gasteiger partial charge in [0.05, 0.1) is 10.7 Å². The second-order valence-electron chi connectivity index (χ2n) is 3.57. The quantitative estimate of drug-likeness (QED) is 0.817. The van der Waals surface area contributed by atoms with Crippen LogP contribution in [0.15, 0.2) is 34.9 Å². The lowest BCUT2D eigenvalue weighted by Gasteiger charge is -2.09. The summed E-state index contributed by atoms with van der Waals surface area (Å²) >= 11 is 15.3. The van der Waals surface area contributed by atoms with Gasteiger partial charge in [-0.05, 0) is 52.7 Å². The predicted molar refractivity (Wildman–Crippen MR) is 76.4 cm³/mol. The van der Waals surface area contributed by atoms with E-state index in [1.54, 1.807) is 18.3 Å². The van der Waals surface area contributed by atoms with Gasteiger partial charge in [0.1, 0.15) is 5.82 Å². The zero-order chi connectivity index (χ0) is 12.4. The van der Waals surface area contributed by atoms with E-state index < -0.39 is 0 Å². The van der Waals surface area contributed by atoms with Gasteiger partial charge in [-0.15, -0.1) is 0 Å². The Morgan fingerprint density at radius 3 is 2.65 bits per heavy atom. The molecule has 1 aromatic heterocycles. The van der Waals surface area contributed by atoms with Gasteiger partial charge in [0, 0.05) is 15.7 Å². The van der Waals surface area contributed by atoms with Gasteiger partial charge in [-0.2, -0.15) is 0 Å². The molecule has 0 aliphatic heterocycles. The van der Waals surface area contributed by atoms with E-state index in [1.807, 2.05) is 19.1 Å². The van der Waals surface area contributed by atoms with Crippen LogP contribution in [0.3, 0.4) is 0 Å². The van der Waals surface area contributed by atoms with Gasteiger partial charge in [-0.1, -0.05) is 23.2 Å². The standard InChI is InChI=1S/C12H9BrCl2N2/c1-7-4-12(16-6-9(7)13)17-11-3-2-8(14)5-10(11)15/h2-6H,1H3,(H,16,17). The molecule has 2 rings (SSSR count). The number of hydrogen-bond donors (Lipinski definition) is 1. The molecular formula is C12H9BrCl2N2. The highest BCUT2D eigenvalue weighted by Crippen LogP contribution is 2.28. The van der Waals surface area contributed by atoms with Gasteiger partial charge < -0.3 is 5.32 Å². The molecule has 0 aliphatic rings. The molecule has 0 amide bonds. The van der Waals surface area contributed by atoms with Gasteiger partial charge in [-0.25, -0.2) is 4.98 Å². The van der Waals surface area contributed by atoms with Crippen molar-refractivity contribution in [2.24, 2.45) is 0 Å². The Balaban J connectivity index is 2.28. The number of rotatable bonds is 2. The minimum absolute atomic E-state index is 0.569. The Bertz CT molecular complexity index is 558. The maximum atomic E-state index is 6.07. The van der Waals surface area contributed by atoms with Crippen molar-refractivity contribution in [3.05, 3.63) is 50.5 Å². The summed E-state index contributed by atoms with van der Waals surface area (Å²) in [6.07, 6.45) is 1.75. The fraction of sp³-hybridized carbons (Fsp3) is 0.0833. The second kappa shape index (κ2) is 5.25. The molecule has 1 N–H and O–H groups in total. The van der Waals surface area contributed by atoms with E-state index in [4.69, 9.17) is 23.2 Å². The van der Waals surface area contributed by atoms with Crippen LogP contribution in [0.25, 0.3) is 0 Å². The molecule has 2 nitrogen and oxygen atoms in total. The molecule has 17 heavy (non-hydrogen) atoms. The average molecular weight is 332 g/mol. The molecule has 5 heteroatoms. The van der Waals surface area contributed by atoms with Crippen LogP contribution in [-0.2, 0) is 0 Å². The normalized spacial score (nSPS) is 10.4. The van der Waals surface area contributed by atoms with Crippen molar-refractivity contribution in [2.75, 3.05) is 5.32 Å². The fourth-order valence-corrected chi connectivity index (χ4v) is 2.01. The largest absolute Gasteiger partial charge is 0.339 e. The summed E-state index contributed by atoms with van der Waals surface area (Å²) in [5.74, 6) is 0.745. The van der Waals surface area contributed by atoms with Gasteiger partial charge in [-0.3, -0.25) is 0 Å². The number of nitrogens with zero attached hydrogens (tertiary/aromatic N) is 1. The molecule has 0 atom stereocenters. The van der Waals surface area contributed by atoms with Crippen molar-refractivity contribution in [3.63, 3.8) is 0 Å². The number of aryl methyl sites for hydroxylation is 1. The molecule has 2 aromatic rings. The van der Waals surface area contributed by atoms with E-state index in [1.165, 1.54) is 0 Å². The van der Waals surface area contributed by atoms with E-state index in [-0.39, 0.29) is 0 Å². The number of aromatic nitrogens is 1. The highest BCUT2D eigenvalue weighted by atomic mass is 79.9. The second-order valence-corrected chi connectivity index (χ2v) is 5.27. The first-order valence-electron chi connectivity index (χ1n) is 4.90. The zero-order valence-corrected chi connectivity index (χ0v) is 12.1. The monoisotopic (exact) mass is 330 g/mol. The summed E-state index contributed by atoms with van der Waals surface area (Å²) in [5, 5.41) is 4.33. The van der Waals surface area contributed by atoms with Crippen LogP contribution in [0.5, 0.6) is 0 Å². The first-order chi connectivity index (χ1) is 8.06. The lowest BCUT2D eigenvalue weighted by Crippen LogP contribution is -1.95. The molecule has 0 saturated carbocycles. The summed E-state index contributed by atoms with van der Waals surface area (Å²) in [6.45, 7) is 2.00. The van der Waals surface area contributed by atoms with Gasteiger partial charge >= 0.3 is 0 Å². The lowest BCUT2D eigenvalue weighted by molar-refractivity contribution is 1.25. The molecular weight excluding hydrogens is 323 g/mol. The van der Waals surface area contributed by atoms with E-state index in [2.05, 4.69) is 26.2 Å². The Hall–Kier alpha value is -0.770. The number of halogens is 3. The number of anilines is 2. The smallest absolute Gasteiger partial charge is 0.130 e. The fourth-order valence-electron chi connectivity index (χ4n) is 1.34. The van der Waals surface area contributed by atoms with Crippen molar-refractivity contribution in [1.82, 2.24) is 4.98 Å². The minimum atomic E-state index is 0.569. The number of benzene rings is 1. The Labute approximate surface area is 118 Å². The first-order valence-corrected chi connectivity index (χ1v) is 6.45. The van der Waals surface area contributed by atoms with Crippen molar-refractivity contribution in [1.29, 1.82) is 0 Å². The molecule has 0 fully saturated rings. The van der Waals surface area contributed by atoms with E-state index >= 15 is 0 Å². The summed E-state index contributed by atoms with van der Waals surface area (Å²) < 4.78 is 0.977. The molecule has 0 aliphatic carbocycles. The van der Waals surface area contributed by atoms with Crippen LogP contribution in [0.4, 0.5) is 11.5 Å². The van der Waals surface area contributed by atoms with Crippen LogP contribution in [0.2, 0.25) is 10.0 Å². The van der Waals surface area contributed by atoms with Crippen molar-refractivity contribution >= 4 is 50.6 Å². The van der Waals surface area contributed by atoms with Gasteiger partial charge in [0.2, 0.25) is 0 Å². The van der Waals surface area contributed by atoms with Crippen molar-refractivity contribution in [3.8, 4) is 0 Å². The Morgan fingerprint density at radius 2 is 2.00 bits per heavy atom. The SMILES string of the molecule is Cc1cc(Nc2ccc(Cl)cc2Cl)ncc1Br. The molecule has 1 aromatic carbocycles. The molecule has 88 valence electrons. The average Bonchev–Trinajstić information content (AvgIpc) is 2.27. The van der Waals surface area contributed by atoms with Gasteiger partial charge in [0.15, 0.2) is 0 Å². The van der Waals surface area contributed by atoms with Gasteiger partial charge in [0.25, 0.3) is 0 Å². The van der Waals surface area contributed by atoms with E-state index in [9.17, 15) is 0 Å². The third-order valence-corrected chi connectivity index (χ3v) is 3.62. The molecule has 1 heterocycles. The van der Waals surface area contributed by atoms with Crippen LogP contribution in [0.1, 0.15) is 5.56 Å². The van der Waals surface area contributed by atoms with E-state index in [0.29, 0.717) is 10.0 Å². The summed E-state index contributed by atoms with van der Waals surface area (Å²) in [5.41, 5.74) is 1.89. The van der Waals surface area contributed by atoms with Crippen molar-refractivity contribution in [2.45, 2.75) is 6.92 Å². The zero-order valence-electron chi connectivity index (χ0n) is 8.97. The van der Waals surface area contributed by atoms with Crippen molar-refractivity contribution < 1.29 is 0 Å². The maximum absolute atomic E-state index is 6.07. The lowest BCUT2D eigenvalue weighted by atomic mass is 10.3. The van der Waals surface area contributed by atoms with Crippen LogP contribution in [-0.4, -0.2) is 4.98 Å². The Morgan fingerprint density at radius 1 is 1.24 bits per heavy atom. The number of hydrogen-bond acceptors (Lipinski definition) is 2. The molecule has 0 radical (unpaired) electrons. The maximum Gasteiger partial charge on any atom is 0.130 e. The van der Waals surface area contributed by atoms with Crippen LogP contribution in [0, 0.1) is 6.92 Å². The molecule has 0 bridgehead atoms. The Kier molecular flexibility index (Phi) is 3.92. The minimum Gasteiger partial charge on any atom is -0.339 e. The topological polar surface area (TPSA) is 24.9 Å². The van der Waals surface area contributed by atoms with E-state index in [0.717, 1.165) is 21.5 Å². The molecule has 0 unspecified atom stereocenters. The summed E-state index contributed by atoms with van der Waals surface area (Å²) in [7, 11) is 0. The highest BCUT2D eigenvalue weighted by Gasteiger charge is 2.03. The van der Waals surface area contributed by atoms with Crippen LogP contribution >= 0.6 is 39.1 Å². The number of nitrogens with one attached hydrogen (secondary N) is 1. The summed E-state index contributed by atoms with van der Waals surface area (Å²) in [4.78, 5) is 4.25.